The van der Waals surface area contributed by atoms with Gasteiger partial charge in [-0.2, -0.15) is 0 Å². The number of hydrogen-bond acceptors (Lipinski definition) is 2. The van der Waals surface area contributed by atoms with Gasteiger partial charge in [0.15, 0.2) is 0 Å². The number of halogens is 1. The standard InChI is InChI=1S/C16H19FN2O2/c1-3-15(20)18-7-6-16(21)19-10-13-9-14(17)5-4-12(13)8-11(19)2/h3-5,9,11H,1,6-8,10H2,2H3,(H,18,20). The Bertz CT molecular complexity index is 571. The van der Waals surface area contributed by atoms with Gasteiger partial charge in [-0.3, -0.25) is 9.59 Å². The van der Waals surface area contributed by atoms with Crippen molar-refractivity contribution in [2.75, 3.05) is 6.54 Å². The number of amides is 2. The van der Waals surface area contributed by atoms with E-state index in [9.17, 15) is 14.0 Å². The molecule has 5 heteroatoms. The molecule has 2 rings (SSSR count). The van der Waals surface area contributed by atoms with E-state index < -0.39 is 0 Å². The maximum atomic E-state index is 13.3. The Morgan fingerprint density at radius 3 is 2.95 bits per heavy atom. The second kappa shape index (κ2) is 6.52. The second-order valence-corrected chi connectivity index (χ2v) is 5.23. The fraction of sp³-hybridized carbons (Fsp3) is 0.375. The average molecular weight is 290 g/mol. The summed E-state index contributed by atoms with van der Waals surface area (Å²) in [6, 6.07) is 4.80. The molecule has 1 N–H and O–H groups in total. The molecule has 1 heterocycles. The fourth-order valence-corrected chi connectivity index (χ4v) is 2.55. The van der Waals surface area contributed by atoms with Crippen LogP contribution < -0.4 is 5.32 Å². The first-order valence-electron chi connectivity index (χ1n) is 6.98. The molecule has 0 saturated heterocycles. The lowest BCUT2D eigenvalue weighted by molar-refractivity contribution is -0.134. The summed E-state index contributed by atoms with van der Waals surface area (Å²) in [4.78, 5) is 25.0. The fourth-order valence-electron chi connectivity index (χ4n) is 2.55. The van der Waals surface area contributed by atoms with Gasteiger partial charge < -0.3 is 10.2 Å². The highest BCUT2D eigenvalue weighted by molar-refractivity contribution is 5.87. The van der Waals surface area contributed by atoms with E-state index in [0.717, 1.165) is 17.5 Å². The van der Waals surface area contributed by atoms with Gasteiger partial charge >= 0.3 is 0 Å². The van der Waals surface area contributed by atoms with Crippen LogP contribution in [0.2, 0.25) is 0 Å². The first-order valence-corrected chi connectivity index (χ1v) is 6.98. The van der Waals surface area contributed by atoms with Crippen molar-refractivity contribution in [3.63, 3.8) is 0 Å². The van der Waals surface area contributed by atoms with Crippen LogP contribution in [-0.2, 0) is 22.6 Å². The summed E-state index contributed by atoms with van der Waals surface area (Å²) in [6.07, 6.45) is 2.13. The van der Waals surface area contributed by atoms with Gasteiger partial charge in [0.05, 0.1) is 0 Å². The Morgan fingerprint density at radius 1 is 1.48 bits per heavy atom. The zero-order chi connectivity index (χ0) is 15.4. The van der Waals surface area contributed by atoms with Crippen LogP contribution in [0.4, 0.5) is 4.39 Å². The Kier molecular flexibility index (Phi) is 4.73. The maximum absolute atomic E-state index is 13.3. The zero-order valence-electron chi connectivity index (χ0n) is 12.1. The summed E-state index contributed by atoms with van der Waals surface area (Å²) in [6.45, 7) is 6.03. The van der Waals surface area contributed by atoms with Crippen molar-refractivity contribution in [1.29, 1.82) is 0 Å². The zero-order valence-corrected chi connectivity index (χ0v) is 12.1. The van der Waals surface area contributed by atoms with Crippen molar-refractivity contribution in [2.24, 2.45) is 0 Å². The van der Waals surface area contributed by atoms with Gasteiger partial charge in [-0.05, 0) is 42.7 Å². The summed E-state index contributed by atoms with van der Waals surface area (Å²) in [7, 11) is 0. The normalized spacial score (nSPS) is 17.0. The van der Waals surface area contributed by atoms with Crippen molar-refractivity contribution in [2.45, 2.75) is 32.4 Å². The number of carbonyl (C=O) groups excluding carboxylic acids is 2. The number of carbonyl (C=O) groups is 2. The molecule has 21 heavy (non-hydrogen) atoms. The minimum atomic E-state index is -0.290. The van der Waals surface area contributed by atoms with E-state index >= 15 is 0 Å². The molecule has 4 nitrogen and oxygen atoms in total. The van der Waals surface area contributed by atoms with E-state index in [2.05, 4.69) is 11.9 Å². The van der Waals surface area contributed by atoms with Crippen molar-refractivity contribution in [3.8, 4) is 0 Å². The number of nitrogens with one attached hydrogen (secondary N) is 1. The molecule has 0 radical (unpaired) electrons. The van der Waals surface area contributed by atoms with Gasteiger partial charge in [0.25, 0.3) is 0 Å². The quantitative estimate of drug-likeness (QED) is 0.860. The molecule has 1 unspecified atom stereocenters. The topological polar surface area (TPSA) is 49.4 Å². The molecule has 0 aliphatic carbocycles. The van der Waals surface area contributed by atoms with Crippen LogP contribution in [0.5, 0.6) is 0 Å². The Balaban J connectivity index is 1.98. The van der Waals surface area contributed by atoms with Gasteiger partial charge in [-0.1, -0.05) is 12.6 Å². The van der Waals surface area contributed by atoms with Gasteiger partial charge in [-0.15, -0.1) is 0 Å². The highest BCUT2D eigenvalue weighted by atomic mass is 19.1. The van der Waals surface area contributed by atoms with E-state index in [4.69, 9.17) is 0 Å². The van der Waals surface area contributed by atoms with Crippen LogP contribution in [-0.4, -0.2) is 29.3 Å². The Hall–Kier alpha value is -2.17. The molecule has 0 spiro atoms. The molecule has 0 bridgehead atoms. The number of rotatable bonds is 4. The molecule has 2 amide bonds. The lowest BCUT2D eigenvalue weighted by Gasteiger charge is -2.35. The number of nitrogens with zero attached hydrogens (tertiary/aromatic N) is 1. The van der Waals surface area contributed by atoms with Crippen molar-refractivity contribution in [3.05, 3.63) is 47.8 Å². The first-order chi connectivity index (χ1) is 10.0. The molecule has 0 saturated carbocycles. The van der Waals surface area contributed by atoms with E-state index in [1.807, 2.05) is 6.92 Å². The lowest BCUT2D eigenvalue weighted by Crippen LogP contribution is -2.43. The number of hydrogen-bond donors (Lipinski definition) is 1. The van der Waals surface area contributed by atoms with Crippen LogP contribution in [0.15, 0.2) is 30.9 Å². The number of fused-ring (bicyclic) bond motifs is 1. The highest BCUT2D eigenvalue weighted by Gasteiger charge is 2.26. The van der Waals surface area contributed by atoms with E-state index in [0.29, 0.717) is 6.54 Å². The summed E-state index contributed by atoms with van der Waals surface area (Å²) in [5.41, 5.74) is 1.95. The van der Waals surface area contributed by atoms with Crippen LogP contribution in [0.3, 0.4) is 0 Å². The van der Waals surface area contributed by atoms with Crippen LogP contribution in [0.25, 0.3) is 0 Å². The highest BCUT2D eigenvalue weighted by Crippen LogP contribution is 2.24. The third-order valence-corrected chi connectivity index (χ3v) is 3.70. The Morgan fingerprint density at radius 2 is 2.24 bits per heavy atom. The molecule has 1 aliphatic rings. The van der Waals surface area contributed by atoms with Crippen molar-refractivity contribution >= 4 is 11.8 Å². The molecule has 1 aromatic carbocycles. The van der Waals surface area contributed by atoms with Crippen LogP contribution >= 0.6 is 0 Å². The van der Waals surface area contributed by atoms with E-state index in [-0.39, 0.29) is 36.6 Å². The van der Waals surface area contributed by atoms with Crippen LogP contribution in [0.1, 0.15) is 24.5 Å². The predicted molar refractivity (Wildman–Crippen MR) is 77.9 cm³/mol. The number of benzene rings is 1. The molecule has 1 aromatic rings. The van der Waals surface area contributed by atoms with Gasteiger partial charge in [-0.25, -0.2) is 4.39 Å². The lowest BCUT2D eigenvalue weighted by atomic mass is 9.94. The molecule has 1 atom stereocenters. The van der Waals surface area contributed by atoms with Gasteiger partial charge in [0, 0.05) is 25.6 Å². The average Bonchev–Trinajstić information content (AvgIpc) is 2.46. The maximum Gasteiger partial charge on any atom is 0.243 e. The summed E-state index contributed by atoms with van der Waals surface area (Å²) >= 11 is 0. The van der Waals surface area contributed by atoms with Crippen molar-refractivity contribution < 1.29 is 14.0 Å². The molecular weight excluding hydrogens is 271 g/mol. The summed E-state index contributed by atoms with van der Waals surface area (Å²) in [5, 5.41) is 2.58. The minimum absolute atomic E-state index is 0.0400. The molecule has 0 fully saturated rings. The smallest absolute Gasteiger partial charge is 0.243 e. The first kappa shape index (κ1) is 15.2. The van der Waals surface area contributed by atoms with E-state index in [1.165, 1.54) is 18.2 Å². The predicted octanol–water partition coefficient (Wildman–Crippen LogP) is 1.79. The molecule has 112 valence electrons. The monoisotopic (exact) mass is 290 g/mol. The molecular formula is C16H19FN2O2. The van der Waals surface area contributed by atoms with Gasteiger partial charge in [0.2, 0.25) is 11.8 Å². The minimum Gasteiger partial charge on any atom is -0.352 e. The summed E-state index contributed by atoms with van der Waals surface area (Å²) in [5.74, 6) is -0.613. The van der Waals surface area contributed by atoms with Crippen molar-refractivity contribution in [1.82, 2.24) is 10.2 Å². The Labute approximate surface area is 123 Å². The van der Waals surface area contributed by atoms with E-state index in [1.54, 1.807) is 11.0 Å². The largest absolute Gasteiger partial charge is 0.352 e. The third-order valence-electron chi connectivity index (χ3n) is 3.70. The summed E-state index contributed by atoms with van der Waals surface area (Å²) < 4.78 is 13.3. The second-order valence-electron chi connectivity index (χ2n) is 5.23. The molecule has 0 aromatic heterocycles. The third kappa shape index (κ3) is 3.68. The van der Waals surface area contributed by atoms with Crippen LogP contribution in [0, 0.1) is 5.82 Å². The SMILES string of the molecule is C=CC(=O)NCCC(=O)N1Cc2cc(F)ccc2CC1C. The van der Waals surface area contributed by atoms with Gasteiger partial charge in [0.1, 0.15) is 5.82 Å². The molecule has 1 aliphatic heterocycles.